The third-order valence-electron chi connectivity index (χ3n) is 3.97. The number of nitrogens with one attached hydrogen (secondary N) is 1. The number of anilines is 1. The number of thiophene rings is 1. The second-order valence-corrected chi connectivity index (χ2v) is 8.03. The van der Waals surface area contributed by atoms with Gasteiger partial charge in [-0.2, -0.15) is 0 Å². The molecule has 3 rings (SSSR count). The molecule has 0 aliphatic carbocycles. The van der Waals surface area contributed by atoms with Crippen molar-refractivity contribution in [3.05, 3.63) is 69.5 Å². The summed E-state index contributed by atoms with van der Waals surface area (Å²) in [7, 11) is 1.32. The van der Waals surface area contributed by atoms with Crippen LogP contribution in [0, 0.1) is 6.92 Å². The number of para-hydroxylation sites is 1. The highest BCUT2D eigenvalue weighted by molar-refractivity contribution is 9.10. The van der Waals surface area contributed by atoms with Gasteiger partial charge in [0.2, 0.25) is 0 Å². The summed E-state index contributed by atoms with van der Waals surface area (Å²) >= 11 is 4.75. The Kier molecular flexibility index (Phi) is 6.49. The van der Waals surface area contributed by atoms with Gasteiger partial charge in [-0.1, -0.05) is 46.3 Å². The fourth-order valence-electron chi connectivity index (χ4n) is 2.72. The number of esters is 1. The van der Waals surface area contributed by atoms with E-state index in [1.807, 2.05) is 49.4 Å². The molecule has 3 aromatic rings. The van der Waals surface area contributed by atoms with Gasteiger partial charge in [-0.05, 0) is 36.8 Å². The minimum absolute atomic E-state index is 0.158. The van der Waals surface area contributed by atoms with Crippen molar-refractivity contribution in [3.63, 3.8) is 0 Å². The number of halogens is 1. The molecule has 0 aliphatic heterocycles. The lowest BCUT2D eigenvalue weighted by Crippen LogP contribution is -2.21. The molecule has 144 valence electrons. The minimum atomic E-state index is -0.499. The van der Waals surface area contributed by atoms with E-state index in [-0.39, 0.29) is 12.5 Å². The zero-order valence-electron chi connectivity index (χ0n) is 15.3. The molecule has 0 saturated heterocycles. The SMILES string of the molecule is COC(=O)c1c(NC(=O)COc2ccccc2)sc(C)c1-c1ccc(Br)cc1. The molecule has 0 saturated carbocycles. The van der Waals surface area contributed by atoms with E-state index in [1.54, 1.807) is 12.1 Å². The Morgan fingerprint density at radius 2 is 1.75 bits per heavy atom. The van der Waals surface area contributed by atoms with Crippen molar-refractivity contribution < 1.29 is 19.1 Å². The lowest BCUT2D eigenvalue weighted by molar-refractivity contribution is -0.118. The van der Waals surface area contributed by atoms with Crippen molar-refractivity contribution in [2.75, 3.05) is 19.0 Å². The Morgan fingerprint density at radius 3 is 2.39 bits per heavy atom. The van der Waals surface area contributed by atoms with Crippen LogP contribution in [-0.4, -0.2) is 25.6 Å². The van der Waals surface area contributed by atoms with Crippen LogP contribution in [0.15, 0.2) is 59.1 Å². The predicted molar refractivity (Wildman–Crippen MR) is 114 cm³/mol. The van der Waals surface area contributed by atoms with Gasteiger partial charge in [0.25, 0.3) is 5.91 Å². The fraction of sp³-hybridized carbons (Fsp3) is 0.143. The van der Waals surface area contributed by atoms with Crippen LogP contribution >= 0.6 is 27.3 Å². The summed E-state index contributed by atoms with van der Waals surface area (Å²) in [5.41, 5.74) is 1.97. The lowest BCUT2D eigenvalue weighted by Gasteiger charge is -2.09. The first-order valence-electron chi connectivity index (χ1n) is 8.45. The van der Waals surface area contributed by atoms with E-state index in [4.69, 9.17) is 9.47 Å². The molecule has 1 aromatic heterocycles. The lowest BCUT2D eigenvalue weighted by atomic mass is 10.0. The fourth-order valence-corrected chi connectivity index (χ4v) is 4.07. The second-order valence-electron chi connectivity index (χ2n) is 5.89. The summed E-state index contributed by atoms with van der Waals surface area (Å²) in [5, 5.41) is 3.23. The van der Waals surface area contributed by atoms with E-state index in [2.05, 4.69) is 21.2 Å². The zero-order chi connectivity index (χ0) is 20.1. The van der Waals surface area contributed by atoms with Gasteiger partial charge in [-0.15, -0.1) is 11.3 Å². The molecule has 0 fully saturated rings. The first kappa shape index (κ1) is 20.1. The Balaban J connectivity index is 1.86. The quantitative estimate of drug-likeness (QED) is 0.508. The maximum Gasteiger partial charge on any atom is 0.341 e. The number of aryl methyl sites for hydroxylation is 1. The third kappa shape index (κ3) is 4.61. The molecule has 0 unspecified atom stereocenters. The normalized spacial score (nSPS) is 10.4. The summed E-state index contributed by atoms with van der Waals surface area (Å²) in [6.45, 7) is 1.75. The average molecular weight is 460 g/mol. The molecule has 1 amide bonds. The van der Waals surface area contributed by atoms with Crippen molar-refractivity contribution >= 4 is 44.1 Å². The van der Waals surface area contributed by atoms with Crippen molar-refractivity contribution in [1.29, 1.82) is 0 Å². The molecule has 0 atom stereocenters. The maximum absolute atomic E-state index is 12.5. The first-order chi connectivity index (χ1) is 13.5. The van der Waals surface area contributed by atoms with Gasteiger partial charge in [-0.25, -0.2) is 4.79 Å². The molecule has 0 bridgehead atoms. The number of ether oxygens (including phenoxy) is 2. The van der Waals surface area contributed by atoms with E-state index >= 15 is 0 Å². The first-order valence-corrected chi connectivity index (χ1v) is 10.1. The Bertz CT molecular complexity index is 984. The number of rotatable bonds is 6. The van der Waals surface area contributed by atoms with Gasteiger partial charge >= 0.3 is 5.97 Å². The summed E-state index contributed by atoms with van der Waals surface area (Å²) in [6, 6.07) is 16.7. The second kappa shape index (κ2) is 9.03. The Labute approximate surface area is 175 Å². The van der Waals surface area contributed by atoms with Gasteiger partial charge in [-0.3, -0.25) is 4.79 Å². The standard InChI is InChI=1S/C21H18BrNO4S/c1-13-18(14-8-10-15(22)11-9-14)19(21(25)26-2)20(28-13)23-17(24)12-27-16-6-4-3-5-7-16/h3-11H,12H2,1-2H3,(H,23,24). The van der Waals surface area contributed by atoms with Crippen LogP contribution in [0.2, 0.25) is 0 Å². The average Bonchev–Trinajstić information content (AvgIpc) is 3.02. The number of carbonyl (C=O) groups excluding carboxylic acids is 2. The Hall–Kier alpha value is -2.64. The number of hydrogen-bond donors (Lipinski definition) is 1. The molecule has 1 heterocycles. The maximum atomic E-state index is 12.5. The van der Waals surface area contributed by atoms with E-state index in [0.717, 1.165) is 20.5 Å². The molecular weight excluding hydrogens is 442 g/mol. The molecule has 0 radical (unpaired) electrons. The van der Waals surface area contributed by atoms with Crippen molar-refractivity contribution in [2.24, 2.45) is 0 Å². The topological polar surface area (TPSA) is 64.6 Å². The largest absolute Gasteiger partial charge is 0.484 e. The molecular formula is C21H18BrNO4S. The molecule has 0 aliphatic rings. The highest BCUT2D eigenvalue weighted by Crippen LogP contribution is 2.40. The van der Waals surface area contributed by atoms with E-state index < -0.39 is 5.97 Å². The number of hydrogen-bond acceptors (Lipinski definition) is 5. The van der Waals surface area contributed by atoms with Crippen LogP contribution in [0.5, 0.6) is 5.75 Å². The van der Waals surface area contributed by atoms with Gasteiger partial charge in [0.1, 0.15) is 16.3 Å². The number of carbonyl (C=O) groups is 2. The highest BCUT2D eigenvalue weighted by atomic mass is 79.9. The van der Waals surface area contributed by atoms with Crippen LogP contribution in [0.25, 0.3) is 11.1 Å². The van der Waals surface area contributed by atoms with E-state index in [1.165, 1.54) is 18.4 Å². The van der Waals surface area contributed by atoms with E-state index in [9.17, 15) is 9.59 Å². The third-order valence-corrected chi connectivity index (χ3v) is 5.52. The van der Waals surface area contributed by atoms with Gasteiger partial charge in [0.15, 0.2) is 6.61 Å². The molecule has 2 aromatic carbocycles. The number of amides is 1. The summed E-state index contributed by atoms with van der Waals surface area (Å²) in [4.78, 5) is 25.7. The number of methoxy groups -OCH3 is 1. The summed E-state index contributed by atoms with van der Waals surface area (Å²) < 4.78 is 11.4. The molecule has 7 heteroatoms. The van der Waals surface area contributed by atoms with Crippen molar-refractivity contribution in [3.8, 4) is 16.9 Å². The predicted octanol–water partition coefficient (Wildman–Crippen LogP) is 5.29. The highest BCUT2D eigenvalue weighted by Gasteiger charge is 2.25. The minimum Gasteiger partial charge on any atom is -0.484 e. The van der Waals surface area contributed by atoms with Gasteiger partial charge in [0, 0.05) is 14.9 Å². The van der Waals surface area contributed by atoms with Crippen LogP contribution in [-0.2, 0) is 9.53 Å². The van der Waals surface area contributed by atoms with Gasteiger partial charge in [0.05, 0.1) is 7.11 Å². The molecule has 5 nitrogen and oxygen atoms in total. The van der Waals surface area contributed by atoms with Crippen LogP contribution in [0.1, 0.15) is 15.2 Å². The molecule has 28 heavy (non-hydrogen) atoms. The number of benzene rings is 2. The van der Waals surface area contributed by atoms with Crippen LogP contribution in [0.3, 0.4) is 0 Å². The summed E-state index contributed by atoms with van der Waals surface area (Å²) in [5.74, 6) is -0.247. The molecule has 0 spiro atoms. The Morgan fingerprint density at radius 1 is 1.07 bits per heavy atom. The summed E-state index contributed by atoms with van der Waals surface area (Å²) in [6.07, 6.45) is 0. The van der Waals surface area contributed by atoms with Crippen molar-refractivity contribution in [1.82, 2.24) is 0 Å². The zero-order valence-corrected chi connectivity index (χ0v) is 17.7. The van der Waals surface area contributed by atoms with Crippen molar-refractivity contribution in [2.45, 2.75) is 6.92 Å². The van der Waals surface area contributed by atoms with Crippen LogP contribution < -0.4 is 10.1 Å². The monoisotopic (exact) mass is 459 g/mol. The smallest absolute Gasteiger partial charge is 0.341 e. The van der Waals surface area contributed by atoms with Crippen LogP contribution in [0.4, 0.5) is 5.00 Å². The van der Waals surface area contributed by atoms with E-state index in [0.29, 0.717) is 16.3 Å². The van der Waals surface area contributed by atoms with Gasteiger partial charge < -0.3 is 14.8 Å². The molecule has 1 N–H and O–H groups in total.